The van der Waals surface area contributed by atoms with Gasteiger partial charge >= 0.3 is 5.97 Å². The Labute approximate surface area is 260 Å². The summed E-state index contributed by atoms with van der Waals surface area (Å²) in [5, 5.41) is 8.51. The molecule has 2 heterocycles. The highest BCUT2D eigenvalue weighted by atomic mass is 32.2. The molecule has 3 aliphatic rings. The number of hydrogen-bond acceptors (Lipinski definition) is 5. The van der Waals surface area contributed by atoms with E-state index in [1.165, 1.54) is 28.0 Å². The second-order valence-corrected chi connectivity index (χ2v) is 12.3. The molecule has 218 valence electrons. The molecule has 1 aliphatic carbocycles. The molecule has 0 bridgehead atoms. The Morgan fingerprint density at radius 1 is 0.841 bits per heavy atom. The van der Waals surface area contributed by atoms with Gasteiger partial charge in [0, 0.05) is 23.3 Å². The Morgan fingerprint density at radius 3 is 2.16 bits per heavy atom. The zero-order valence-electron chi connectivity index (χ0n) is 23.9. The van der Waals surface area contributed by atoms with Crippen molar-refractivity contribution in [2.75, 3.05) is 11.4 Å². The van der Waals surface area contributed by atoms with Crippen LogP contribution >= 0.6 is 11.8 Å². The highest BCUT2D eigenvalue weighted by Gasteiger charge is 2.42. The van der Waals surface area contributed by atoms with Gasteiger partial charge in [-0.25, -0.2) is 0 Å². The molecule has 2 aliphatic heterocycles. The molecule has 2 atom stereocenters. The number of rotatable bonds is 7. The zero-order valence-corrected chi connectivity index (χ0v) is 24.7. The van der Waals surface area contributed by atoms with Gasteiger partial charge < -0.3 is 10.0 Å². The lowest BCUT2D eigenvalue weighted by atomic mass is 9.95. The van der Waals surface area contributed by atoms with Crippen LogP contribution in [0.15, 0.2) is 108 Å². The van der Waals surface area contributed by atoms with E-state index in [-0.39, 0.29) is 4.91 Å². The zero-order chi connectivity index (χ0) is 30.2. The van der Waals surface area contributed by atoms with Crippen LogP contribution in [0.4, 0.5) is 16.2 Å². The van der Waals surface area contributed by atoms with E-state index < -0.39 is 23.7 Å². The van der Waals surface area contributed by atoms with Crippen LogP contribution in [0.5, 0.6) is 0 Å². The predicted molar refractivity (Wildman–Crippen MR) is 176 cm³/mol. The number of carboxylic acids is 1. The highest BCUT2D eigenvalue weighted by molar-refractivity contribution is 8.18. The van der Waals surface area contributed by atoms with Gasteiger partial charge in [0.15, 0.2) is 0 Å². The van der Waals surface area contributed by atoms with Crippen LogP contribution in [-0.2, 0) is 9.59 Å². The third kappa shape index (κ3) is 5.24. The molecule has 0 aromatic heterocycles. The summed E-state index contributed by atoms with van der Waals surface area (Å²) in [6, 6.07) is 36.3. The van der Waals surface area contributed by atoms with Gasteiger partial charge in [-0.05, 0) is 94.4 Å². The molecule has 0 radical (unpaired) electrons. The average Bonchev–Trinajstić information content (AvgIpc) is 3.71. The predicted octanol–water partition coefficient (Wildman–Crippen LogP) is 8.18. The number of anilines is 2. The number of nitrogens with zero attached hydrogens (tertiary/aromatic N) is 2. The quantitative estimate of drug-likeness (QED) is 0.171. The van der Waals surface area contributed by atoms with Crippen LogP contribution in [0.3, 0.4) is 0 Å². The van der Waals surface area contributed by atoms with Crippen molar-refractivity contribution in [3.05, 3.63) is 136 Å². The first kappa shape index (κ1) is 27.9. The van der Waals surface area contributed by atoms with Crippen LogP contribution < -0.4 is 4.90 Å². The number of fused-ring (bicyclic) bond motifs is 3. The molecule has 7 heteroatoms. The maximum atomic E-state index is 12.7. The first-order chi connectivity index (χ1) is 21.5. The van der Waals surface area contributed by atoms with Crippen molar-refractivity contribution in [1.29, 1.82) is 0 Å². The van der Waals surface area contributed by atoms with E-state index in [1.807, 2.05) is 18.2 Å². The van der Waals surface area contributed by atoms with Gasteiger partial charge in [-0.15, -0.1) is 0 Å². The highest BCUT2D eigenvalue weighted by Crippen LogP contribution is 2.52. The Kier molecular flexibility index (Phi) is 7.40. The molecule has 0 spiro atoms. The minimum atomic E-state index is -1.21. The van der Waals surface area contributed by atoms with Crippen molar-refractivity contribution >= 4 is 58.0 Å². The van der Waals surface area contributed by atoms with E-state index in [1.54, 1.807) is 6.08 Å². The second kappa shape index (κ2) is 11.7. The number of aliphatic carboxylic acids is 1. The Hall–Kier alpha value is -4.88. The maximum absolute atomic E-state index is 12.7. The first-order valence-electron chi connectivity index (χ1n) is 14.8. The molecule has 7 rings (SSSR count). The summed E-state index contributed by atoms with van der Waals surface area (Å²) in [5.74, 6) is -1.38. The Bertz CT molecular complexity index is 1770. The van der Waals surface area contributed by atoms with Crippen molar-refractivity contribution in [2.24, 2.45) is 0 Å². The summed E-state index contributed by atoms with van der Waals surface area (Å²) in [4.78, 5) is 39.5. The summed E-state index contributed by atoms with van der Waals surface area (Å²) in [6.45, 7) is -0.626. The van der Waals surface area contributed by atoms with Crippen molar-refractivity contribution in [1.82, 2.24) is 4.90 Å². The molecule has 1 saturated carbocycles. The van der Waals surface area contributed by atoms with Gasteiger partial charge in [0.1, 0.15) is 6.54 Å². The minimum Gasteiger partial charge on any atom is -0.480 e. The molecule has 4 aromatic carbocycles. The third-order valence-corrected chi connectivity index (χ3v) is 9.55. The largest absolute Gasteiger partial charge is 0.480 e. The minimum absolute atomic E-state index is 0.253. The number of carboxylic acid groups (broad SMARTS) is 1. The normalized spacial score (nSPS) is 19.8. The summed E-state index contributed by atoms with van der Waals surface area (Å²) >= 11 is 0.791. The number of thioether (sulfide) groups is 1. The lowest BCUT2D eigenvalue weighted by molar-refractivity contribution is -0.140. The van der Waals surface area contributed by atoms with Crippen LogP contribution in [0.1, 0.15) is 53.0 Å². The molecule has 6 nitrogen and oxygen atoms in total. The van der Waals surface area contributed by atoms with Gasteiger partial charge in [0.25, 0.3) is 11.1 Å². The standard InChI is InChI=1S/C37H30N2O4S/c40-35(41)23-38-36(42)34(44-37(38)43)22-25-16-19-33-31(21-25)29-12-7-13-32(29)39(33)28-17-14-24(15-18-28)20-30(26-8-3-1-4-9-26)27-10-5-2-6-11-27/h1-6,8-11,14-22,29,32H,7,12-13,23H2,(H,40,41)/b34-22-. The monoisotopic (exact) mass is 598 g/mol. The molecule has 2 unspecified atom stereocenters. The van der Waals surface area contributed by atoms with Gasteiger partial charge in [-0.2, -0.15) is 0 Å². The molecule has 1 N–H and O–H groups in total. The summed E-state index contributed by atoms with van der Waals surface area (Å²) < 4.78 is 0. The van der Waals surface area contributed by atoms with Crippen molar-refractivity contribution in [3.63, 3.8) is 0 Å². The maximum Gasteiger partial charge on any atom is 0.323 e. The third-order valence-electron chi connectivity index (χ3n) is 8.64. The van der Waals surface area contributed by atoms with Crippen LogP contribution in [0, 0.1) is 0 Å². The SMILES string of the molecule is O=C(O)CN1C(=O)S/C(=C\c2ccc3c(c2)C2CCCC2N3c2ccc(C=C(c3ccccc3)c3ccccc3)cc2)C1=O. The Morgan fingerprint density at radius 2 is 1.50 bits per heavy atom. The van der Waals surface area contributed by atoms with Gasteiger partial charge in [-0.1, -0.05) is 85.3 Å². The number of imide groups is 1. The van der Waals surface area contributed by atoms with Crippen LogP contribution in [-0.4, -0.2) is 39.7 Å². The first-order valence-corrected chi connectivity index (χ1v) is 15.6. The molecule has 44 heavy (non-hydrogen) atoms. The number of carbonyl (C=O) groups is 3. The van der Waals surface area contributed by atoms with Crippen LogP contribution in [0.2, 0.25) is 0 Å². The van der Waals surface area contributed by atoms with Gasteiger partial charge in [0.05, 0.1) is 4.91 Å². The fourth-order valence-corrected chi connectivity index (χ4v) is 7.53. The molecular formula is C37H30N2O4S. The molecule has 2 fully saturated rings. The molecular weight excluding hydrogens is 568 g/mol. The van der Waals surface area contributed by atoms with Crippen molar-refractivity contribution < 1.29 is 19.5 Å². The number of benzene rings is 4. The summed E-state index contributed by atoms with van der Waals surface area (Å²) in [7, 11) is 0. The smallest absolute Gasteiger partial charge is 0.323 e. The lowest BCUT2D eigenvalue weighted by Crippen LogP contribution is -2.33. The summed E-state index contributed by atoms with van der Waals surface area (Å²) in [5.41, 5.74) is 9.08. The van der Waals surface area contributed by atoms with E-state index in [9.17, 15) is 14.4 Å². The number of hydrogen-bond donors (Lipinski definition) is 1. The molecule has 4 aromatic rings. The van der Waals surface area contributed by atoms with Crippen molar-refractivity contribution in [3.8, 4) is 0 Å². The van der Waals surface area contributed by atoms with Crippen LogP contribution in [0.25, 0.3) is 17.7 Å². The topological polar surface area (TPSA) is 77.9 Å². The van der Waals surface area contributed by atoms with Gasteiger partial charge in [0.2, 0.25) is 0 Å². The van der Waals surface area contributed by atoms with Gasteiger partial charge in [-0.3, -0.25) is 19.3 Å². The van der Waals surface area contributed by atoms with E-state index >= 15 is 0 Å². The second-order valence-electron chi connectivity index (χ2n) is 11.3. The Balaban J connectivity index is 1.19. The number of amides is 2. The van der Waals surface area contributed by atoms with Crippen molar-refractivity contribution in [2.45, 2.75) is 31.2 Å². The fourth-order valence-electron chi connectivity index (χ4n) is 6.69. The van der Waals surface area contributed by atoms with E-state index in [0.29, 0.717) is 12.0 Å². The van der Waals surface area contributed by atoms with E-state index in [0.717, 1.165) is 52.7 Å². The molecule has 1 saturated heterocycles. The van der Waals surface area contributed by atoms with E-state index in [4.69, 9.17) is 5.11 Å². The molecule has 2 amide bonds. The van der Waals surface area contributed by atoms with E-state index in [2.05, 4.69) is 95.9 Å². The fraction of sp³-hybridized carbons (Fsp3) is 0.162. The average molecular weight is 599 g/mol. The number of carbonyl (C=O) groups excluding carboxylic acids is 2. The summed E-state index contributed by atoms with van der Waals surface area (Å²) in [6.07, 6.45) is 7.32. The lowest BCUT2D eigenvalue weighted by Gasteiger charge is -2.27.